The number of carbonyl (C=O) groups excluding carboxylic acids is 3. The van der Waals surface area contributed by atoms with Crippen molar-refractivity contribution in [2.24, 2.45) is 0 Å². The van der Waals surface area contributed by atoms with Gasteiger partial charge in [0.1, 0.15) is 0 Å². The Labute approximate surface area is 164 Å². The third-order valence-corrected chi connectivity index (χ3v) is 5.44. The van der Waals surface area contributed by atoms with Crippen LogP contribution in [-0.2, 0) is 14.4 Å². The molecule has 1 fully saturated rings. The van der Waals surface area contributed by atoms with Crippen molar-refractivity contribution >= 4 is 64.1 Å². The molecule has 1 heterocycles. The highest BCUT2D eigenvalue weighted by atomic mass is 35.5. The molecule has 0 radical (unpaired) electrons. The summed E-state index contributed by atoms with van der Waals surface area (Å²) in [6.07, 6.45) is 0.0698. The van der Waals surface area contributed by atoms with E-state index in [-0.39, 0.29) is 29.9 Å². The minimum atomic E-state index is -0.575. The molecule has 1 aliphatic rings. The summed E-state index contributed by atoms with van der Waals surface area (Å²) >= 11 is 12.8. The Morgan fingerprint density at radius 3 is 2.23 bits per heavy atom. The van der Waals surface area contributed by atoms with Crippen LogP contribution in [0.3, 0.4) is 0 Å². The topological polar surface area (TPSA) is 66.5 Å². The van der Waals surface area contributed by atoms with Crippen molar-refractivity contribution in [1.29, 1.82) is 0 Å². The van der Waals surface area contributed by atoms with Crippen molar-refractivity contribution < 1.29 is 14.4 Å². The van der Waals surface area contributed by atoms with Crippen LogP contribution in [-0.4, -0.2) is 28.7 Å². The highest BCUT2D eigenvalue weighted by molar-refractivity contribution is 8.01. The zero-order chi connectivity index (χ0) is 18.7. The van der Waals surface area contributed by atoms with Gasteiger partial charge in [-0.2, -0.15) is 0 Å². The molecule has 134 valence electrons. The summed E-state index contributed by atoms with van der Waals surface area (Å²) in [6.45, 7) is 0. The smallest absolute Gasteiger partial charge is 0.247 e. The van der Waals surface area contributed by atoms with Crippen LogP contribution in [0.5, 0.6) is 0 Å². The Kier molecular flexibility index (Phi) is 5.86. The molecular weight excluding hydrogens is 395 g/mol. The van der Waals surface area contributed by atoms with Crippen LogP contribution in [0.25, 0.3) is 0 Å². The van der Waals surface area contributed by atoms with Gasteiger partial charge in [0.15, 0.2) is 0 Å². The maximum absolute atomic E-state index is 12.5. The summed E-state index contributed by atoms with van der Waals surface area (Å²) in [7, 11) is 0. The summed E-state index contributed by atoms with van der Waals surface area (Å²) in [6, 6.07) is 13.2. The Morgan fingerprint density at radius 2 is 1.62 bits per heavy atom. The maximum Gasteiger partial charge on any atom is 0.247 e. The summed E-state index contributed by atoms with van der Waals surface area (Å²) in [5, 5.41) is 3.25. The normalized spacial score (nSPS) is 16.8. The minimum absolute atomic E-state index is 0.0698. The quantitative estimate of drug-likeness (QED) is 0.759. The first kappa shape index (κ1) is 18.8. The zero-order valence-electron chi connectivity index (χ0n) is 13.4. The fourth-order valence-electron chi connectivity index (χ4n) is 2.50. The Bertz CT molecular complexity index is 841. The average Bonchev–Trinajstić information content (AvgIpc) is 2.90. The largest absolute Gasteiger partial charge is 0.325 e. The number of carbonyl (C=O) groups is 3. The lowest BCUT2D eigenvalue weighted by Crippen LogP contribution is -2.31. The second-order valence-corrected chi connectivity index (χ2v) is 7.67. The Morgan fingerprint density at radius 1 is 1.04 bits per heavy atom. The average molecular weight is 409 g/mol. The predicted molar refractivity (Wildman–Crippen MR) is 105 cm³/mol. The lowest BCUT2D eigenvalue weighted by Gasteiger charge is -2.15. The van der Waals surface area contributed by atoms with Crippen LogP contribution < -0.4 is 10.2 Å². The van der Waals surface area contributed by atoms with E-state index in [1.807, 2.05) is 0 Å². The molecular formula is C18H14Cl2N2O3S. The van der Waals surface area contributed by atoms with E-state index >= 15 is 0 Å². The summed E-state index contributed by atoms with van der Waals surface area (Å²) in [4.78, 5) is 37.9. The van der Waals surface area contributed by atoms with Crippen molar-refractivity contribution in [1.82, 2.24) is 0 Å². The summed E-state index contributed by atoms with van der Waals surface area (Å²) in [5.74, 6) is -0.780. The highest BCUT2D eigenvalue weighted by Gasteiger charge is 2.40. The number of imide groups is 1. The summed E-state index contributed by atoms with van der Waals surface area (Å²) < 4.78 is 0. The Hall–Kier alpha value is -2.02. The molecule has 8 heteroatoms. The molecule has 0 aliphatic carbocycles. The number of nitrogens with zero attached hydrogens (tertiary/aromatic N) is 1. The third-order valence-electron chi connectivity index (χ3n) is 3.73. The molecule has 2 aromatic carbocycles. The molecule has 0 bridgehead atoms. The van der Waals surface area contributed by atoms with Crippen molar-refractivity contribution in [2.75, 3.05) is 16.0 Å². The van der Waals surface area contributed by atoms with Crippen LogP contribution in [0.15, 0.2) is 48.5 Å². The number of rotatable bonds is 5. The second kappa shape index (κ2) is 8.12. The van der Waals surface area contributed by atoms with E-state index in [2.05, 4.69) is 5.32 Å². The van der Waals surface area contributed by atoms with Gasteiger partial charge >= 0.3 is 0 Å². The van der Waals surface area contributed by atoms with Gasteiger partial charge in [0.05, 0.1) is 16.7 Å². The zero-order valence-corrected chi connectivity index (χ0v) is 15.8. The van der Waals surface area contributed by atoms with Gasteiger partial charge in [-0.05, 0) is 48.5 Å². The molecule has 1 saturated heterocycles. The standard InChI is InChI=1S/C18H14Cl2N2O3S/c19-11-1-5-13(6-2-11)21-16(23)10-26-15-9-17(24)22(18(15)25)14-7-3-12(20)4-8-14/h1-8,15H,9-10H2,(H,21,23). The molecule has 0 spiro atoms. The molecule has 1 aliphatic heterocycles. The SMILES string of the molecule is O=C(CSC1CC(=O)N(c2ccc(Cl)cc2)C1=O)Nc1ccc(Cl)cc1. The first-order valence-electron chi connectivity index (χ1n) is 7.73. The first-order valence-corrected chi connectivity index (χ1v) is 9.54. The van der Waals surface area contributed by atoms with Crippen LogP contribution in [0.1, 0.15) is 6.42 Å². The third kappa shape index (κ3) is 4.38. The van der Waals surface area contributed by atoms with Crippen LogP contribution in [0.2, 0.25) is 10.0 Å². The monoisotopic (exact) mass is 408 g/mol. The number of hydrogen-bond donors (Lipinski definition) is 1. The first-order chi connectivity index (χ1) is 12.4. The van der Waals surface area contributed by atoms with E-state index in [9.17, 15) is 14.4 Å². The van der Waals surface area contributed by atoms with Gasteiger partial charge in [-0.25, -0.2) is 4.90 Å². The molecule has 5 nitrogen and oxygen atoms in total. The van der Waals surface area contributed by atoms with Crippen LogP contribution >= 0.6 is 35.0 Å². The second-order valence-electron chi connectivity index (χ2n) is 5.60. The van der Waals surface area contributed by atoms with E-state index in [4.69, 9.17) is 23.2 Å². The van der Waals surface area contributed by atoms with E-state index in [0.29, 0.717) is 21.4 Å². The molecule has 26 heavy (non-hydrogen) atoms. The lowest BCUT2D eigenvalue weighted by molar-refractivity contribution is -0.121. The number of halogens is 2. The number of nitrogens with one attached hydrogen (secondary N) is 1. The summed E-state index contributed by atoms with van der Waals surface area (Å²) in [5.41, 5.74) is 1.11. The molecule has 0 saturated carbocycles. The van der Waals surface area contributed by atoms with E-state index in [1.165, 1.54) is 0 Å². The van der Waals surface area contributed by atoms with Gasteiger partial charge in [0.25, 0.3) is 0 Å². The van der Waals surface area contributed by atoms with E-state index < -0.39 is 5.25 Å². The molecule has 1 N–H and O–H groups in total. The van der Waals surface area contributed by atoms with E-state index in [0.717, 1.165) is 16.7 Å². The fourth-order valence-corrected chi connectivity index (χ4v) is 3.69. The van der Waals surface area contributed by atoms with Crippen molar-refractivity contribution in [3.8, 4) is 0 Å². The molecule has 1 atom stereocenters. The van der Waals surface area contributed by atoms with E-state index in [1.54, 1.807) is 48.5 Å². The molecule has 2 aromatic rings. The van der Waals surface area contributed by atoms with Crippen molar-refractivity contribution in [3.05, 3.63) is 58.6 Å². The molecule has 3 amide bonds. The van der Waals surface area contributed by atoms with Crippen molar-refractivity contribution in [2.45, 2.75) is 11.7 Å². The number of hydrogen-bond acceptors (Lipinski definition) is 4. The van der Waals surface area contributed by atoms with Gasteiger partial charge in [0.2, 0.25) is 17.7 Å². The van der Waals surface area contributed by atoms with Gasteiger partial charge in [-0.15, -0.1) is 11.8 Å². The highest BCUT2D eigenvalue weighted by Crippen LogP contribution is 2.30. The van der Waals surface area contributed by atoms with Gasteiger partial charge in [-0.3, -0.25) is 14.4 Å². The fraction of sp³-hybridized carbons (Fsp3) is 0.167. The lowest BCUT2D eigenvalue weighted by atomic mass is 10.3. The minimum Gasteiger partial charge on any atom is -0.325 e. The van der Waals surface area contributed by atoms with Crippen molar-refractivity contribution in [3.63, 3.8) is 0 Å². The van der Waals surface area contributed by atoms with Crippen LogP contribution in [0.4, 0.5) is 11.4 Å². The van der Waals surface area contributed by atoms with Gasteiger partial charge in [0, 0.05) is 22.2 Å². The molecule has 3 rings (SSSR count). The number of thioether (sulfide) groups is 1. The number of benzene rings is 2. The molecule has 0 aromatic heterocycles. The number of amides is 3. The predicted octanol–water partition coefficient (Wildman–Crippen LogP) is 4.00. The van der Waals surface area contributed by atoms with Crippen LogP contribution in [0, 0.1) is 0 Å². The number of anilines is 2. The van der Waals surface area contributed by atoms with Gasteiger partial charge < -0.3 is 5.32 Å². The Balaban J connectivity index is 1.57. The van der Waals surface area contributed by atoms with Gasteiger partial charge in [-0.1, -0.05) is 23.2 Å². The maximum atomic E-state index is 12.5. The molecule has 1 unspecified atom stereocenters.